The summed E-state index contributed by atoms with van der Waals surface area (Å²) in [7, 11) is 0. The van der Waals surface area contributed by atoms with Crippen molar-refractivity contribution in [1.82, 2.24) is 9.78 Å². The number of nitrogens with zero attached hydrogens (tertiary/aromatic N) is 2. The maximum Gasteiger partial charge on any atom is 0.417 e. The molecule has 4 rings (SSSR count). The van der Waals surface area contributed by atoms with E-state index in [0.717, 1.165) is 6.07 Å². The van der Waals surface area contributed by atoms with E-state index in [2.05, 4.69) is 5.10 Å². The number of hydrogen-bond acceptors (Lipinski definition) is 4. The highest BCUT2D eigenvalue weighted by atomic mass is 19.4. The minimum Gasteiger partial charge on any atom is -0.493 e. The summed E-state index contributed by atoms with van der Waals surface area (Å²) in [6.45, 7) is 2.15. The summed E-state index contributed by atoms with van der Waals surface area (Å²) >= 11 is 0. The first kappa shape index (κ1) is 25.9. The van der Waals surface area contributed by atoms with Crippen LogP contribution in [0.1, 0.15) is 25.3 Å². The van der Waals surface area contributed by atoms with Gasteiger partial charge in [0.1, 0.15) is 11.6 Å². The fourth-order valence-corrected chi connectivity index (χ4v) is 3.88. The molecule has 0 radical (unpaired) electrons. The first-order chi connectivity index (χ1) is 17.8. The second-order valence-corrected chi connectivity index (χ2v) is 8.10. The van der Waals surface area contributed by atoms with Gasteiger partial charge in [-0.25, -0.2) is 9.07 Å². The highest BCUT2D eigenvalue weighted by molar-refractivity contribution is 5.75. The first-order valence-corrected chi connectivity index (χ1v) is 11.7. The average molecular weight is 513 g/mol. The van der Waals surface area contributed by atoms with Crippen LogP contribution in [0.5, 0.6) is 5.75 Å². The average Bonchev–Trinajstić information content (AvgIpc) is 3.33. The molecule has 0 aliphatic rings. The summed E-state index contributed by atoms with van der Waals surface area (Å²) in [5.74, 6) is -0.612. The molecule has 0 unspecified atom stereocenters. The van der Waals surface area contributed by atoms with E-state index in [-0.39, 0.29) is 48.1 Å². The lowest BCUT2D eigenvalue weighted by Crippen LogP contribution is -2.08. The van der Waals surface area contributed by atoms with E-state index in [0.29, 0.717) is 17.9 Å². The third kappa shape index (κ3) is 6.17. The highest BCUT2D eigenvalue weighted by Crippen LogP contribution is 2.40. The van der Waals surface area contributed by atoms with Crippen LogP contribution in [0.2, 0.25) is 0 Å². The van der Waals surface area contributed by atoms with Crippen molar-refractivity contribution < 1.29 is 31.8 Å². The van der Waals surface area contributed by atoms with Crippen LogP contribution < -0.4 is 4.74 Å². The van der Waals surface area contributed by atoms with Crippen molar-refractivity contribution in [2.24, 2.45) is 0 Å². The van der Waals surface area contributed by atoms with Gasteiger partial charge in [-0.3, -0.25) is 4.79 Å². The lowest BCUT2D eigenvalue weighted by Gasteiger charge is -2.14. The third-order valence-corrected chi connectivity index (χ3v) is 5.52. The molecule has 9 heteroatoms. The molecule has 0 N–H and O–H groups in total. The topological polar surface area (TPSA) is 53.4 Å². The summed E-state index contributed by atoms with van der Waals surface area (Å²) in [5.41, 5.74) is 0.354. The molecular weight excluding hydrogens is 488 g/mol. The molecule has 5 nitrogen and oxygen atoms in total. The van der Waals surface area contributed by atoms with Crippen LogP contribution in [0.4, 0.5) is 17.6 Å². The number of hydrogen-bond donors (Lipinski definition) is 0. The first-order valence-electron chi connectivity index (χ1n) is 11.7. The van der Waals surface area contributed by atoms with Crippen LogP contribution in [-0.4, -0.2) is 29.0 Å². The highest BCUT2D eigenvalue weighted by Gasteiger charge is 2.34. The summed E-state index contributed by atoms with van der Waals surface area (Å²) < 4.78 is 68.0. The number of carbonyl (C=O) groups is 1. The standard InChI is InChI=1S/C28H24F4N2O3/c1-2-36-27(35)13-8-16-37-26-15-14-19(29)17-22(26)24-18-25(34(33-24)20-9-4-3-5-10-20)21-11-6-7-12-23(21)28(30,31)32/h3-7,9-12,14-15,17-18H,2,8,13,16H2,1H3. The van der Waals surface area contributed by atoms with Crippen LogP contribution in [0.25, 0.3) is 28.2 Å². The molecule has 0 amide bonds. The lowest BCUT2D eigenvalue weighted by atomic mass is 10.0. The predicted octanol–water partition coefficient (Wildman–Crippen LogP) is 7.09. The zero-order chi connectivity index (χ0) is 26.4. The van der Waals surface area contributed by atoms with Gasteiger partial charge in [-0.15, -0.1) is 0 Å². The van der Waals surface area contributed by atoms with E-state index in [1.165, 1.54) is 47.1 Å². The number of esters is 1. The van der Waals surface area contributed by atoms with Gasteiger partial charge in [0.2, 0.25) is 0 Å². The van der Waals surface area contributed by atoms with Crippen molar-refractivity contribution >= 4 is 5.97 Å². The zero-order valence-corrected chi connectivity index (χ0v) is 20.0. The lowest BCUT2D eigenvalue weighted by molar-refractivity contribution is -0.143. The second kappa shape index (κ2) is 11.3. The van der Waals surface area contributed by atoms with E-state index in [4.69, 9.17) is 9.47 Å². The second-order valence-electron chi connectivity index (χ2n) is 8.10. The van der Waals surface area contributed by atoms with Crippen LogP contribution in [0.3, 0.4) is 0 Å². The molecule has 0 saturated heterocycles. The van der Waals surface area contributed by atoms with Crippen LogP contribution in [-0.2, 0) is 15.7 Å². The van der Waals surface area contributed by atoms with Crippen LogP contribution >= 0.6 is 0 Å². The minimum atomic E-state index is -4.59. The molecule has 3 aromatic carbocycles. The van der Waals surface area contributed by atoms with Crippen LogP contribution in [0, 0.1) is 5.82 Å². The number of alkyl halides is 3. The van der Waals surface area contributed by atoms with Gasteiger partial charge in [-0.05, 0) is 55.8 Å². The molecular formula is C28H24F4N2O3. The Bertz CT molecular complexity index is 1370. The van der Waals surface area contributed by atoms with Crippen molar-refractivity contribution in [3.05, 3.63) is 90.2 Å². The zero-order valence-electron chi connectivity index (χ0n) is 20.0. The number of carbonyl (C=O) groups excluding carboxylic acids is 1. The Morgan fingerprint density at radius 3 is 2.41 bits per heavy atom. The van der Waals surface area contributed by atoms with Gasteiger partial charge in [0.15, 0.2) is 0 Å². The smallest absolute Gasteiger partial charge is 0.417 e. The maximum atomic E-state index is 14.3. The molecule has 0 bridgehead atoms. The molecule has 0 aliphatic carbocycles. The normalized spacial score (nSPS) is 11.4. The van der Waals surface area contributed by atoms with Crippen molar-refractivity contribution in [3.63, 3.8) is 0 Å². The van der Waals surface area contributed by atoms with Crippen molar-refractivity contribution in [3.8, 4) is 34.0 Å². The Morgan fingerprint density at radius 2 is 1.68 bits per heavy atom. The molecule has 0 aliphatic heterocycles. The number of halogens is 4. The van der Waals surface area contributed by atoms with E-state index >= 15 is 0 Å². The molecule has 0 saturated carbocycles. The van der Waals surface area contributed by atoms with Gasteiger partial charge in [0.25, 0.3) is 0 Å². The van der Waals surface area contributed by atoms with Gasteiger partial charge in [0.05, 0.1) is 35.9 Å². The summed E-state index contributed by atoms with van der Waals surface area (Å²) in [6.07, 6.45) is -4.06. The summed E-state index contributed by atoms with van der Waals surface area (Å²) in [4.78, 5) is 11.6. The van der Waals surface area contributed by atoms with Gasteiger partial charge in [0, 0.05) is 17.5 Å². The molecule has 4 aromatic rings. The number of para-hydroxylation sites is 1. The SMILES string of the molecule is CCOC(=O)CCCOc1ccc(F)cc1-c1cc(-c2ccccc2C(F)(F)F)n(-c2ccccc2)n1. The third-order valence-electron chi connectivity index (χ3n) is 5.52. The van der Waals surface area contributed by atoms with Crippen molar-refractivity contribution in [1.29, 1.82) is 0 Å². The van der Waals surface area contributed by atoms with Gasteiger partial charge < -0.3 is 9.47 Å². The molecule has 1 aromatic heterocycles. The Hall–Kier alpha value is -4.14. The molecule has 192 valence electrons. The Balaban J connectivity index is 1.76. The number of benzene rings is 3. The van der Waals surface area contributed by atoms with E-state index < -0.39 is 17.6 Å². The fourth-order valence-electron chi connectivity index (χ4n) is 3.88. The molecule has 0 spiro atoms. The minimum absolute atomic E-state index is 0.0640. The summed E-state index contributed by atoms with van der Waals surface area (Å²) in [6, 6.07) is 19.3. The molecule has 0 fully saturated rings. The number of aromatic nitrogens is 2. The van der Waals surface area contributed by atoms with E-state index in [1.807, 2.05) is 0 Å². The monoisotopic (exact) mass is 512 g/mol. The summed E-state index contributed by atoms with van der Waals surface area (Å²) in [5, 5.41) is 4.56. The Morgan fingerprint density at radius 1 is 0.946 bits per heavy atom. The largest absolute Gasteiger partial charge is 0.493 e. The fraction of sp³-hybridized carbons (Fsp3) is 0.214. The molecule has 37 heavy (non-hydrogen) atoms. The number of rotatable bonds is 9. The van der Waals surface area contributed by atoms with E-state index in [1.54, 1.807) is 37.3 Å². The van der Waals surface area contributed by atoms with Crippen molar-refractivity contribution in [2.75, 3.05) is 13.2 Å². The van der Waals surface area contributed by atoms with Crippen molar-refractivity contribution in [2.45, 2.75) is 25.9 Å². The number of ether oxygens (including phenoxy) is 2. The van der Waals surface area contributed by atoms with Gasteiger partial charge in [-0.2, -0.15) is 18.3 Å². The Kier molecular flexibility index (Phi) is 7.91. The van der Waals surface area contributed by atoms with Gasteiger partial charge >= 0.3 is 12.1 Å². The van der Waals surface area contributed by atoms with E-state index in [9.17, 15) is 22.4 Å². The maximum absolute atomic E-state index is 14.3. The molecule has 1 heterocycles. The quantitative estimate of drug-likeness (QED) is 0.137. The molecule has 0 atom stereocenters. The Labute approximate surface area is 211 Å². The van der Waals surface area contributed by atoms with Crippen LogP contribution in [0.15, 0.2) is 78.9 Å². The van der Waals surface area contributed by atoms with Gasteiger partial charge in [-0.1, -0.05) is 36.4 Å². The predicted molar refractivity (Wildman–Crippen MR) is 131 cm³/mol.